The summed E-state index contributed by atoms with van der Waals surface area (Å²) in [5, 5.41) is 4.73. The summed E-state index contributed by atoms with van der Waals surface area (Å²) in [5.41, 5.74) is 0. The van der Waals surface area contributed by atoms with Gasteiger partial charge in [-0.3, -0.25) is 9.59 Å². The Bertz CT molecular complexity index is 682. The maximum Gasteiger partial charge on any atom is 0.261 e. The van der Waals surface area contributed by atoms with E-state index < -0.39 is 0 Å². The Labute approximate surface area is 151 Å². The molecule has 0 radical (unpaired) electrons. The molecule has 0 aliphatic carbocycles. The third kappa shape index (κ3) is 4.79. The number of nitrogens with one attached hydrogen (secondary N) is 1. The van der Waals surface area contributed by atoms with Gasteiger partial charge in [-0.2, -0.15) is 0 Å². The van der Waals surface area contributed by atoms with Gasteiger partial charge in [0, 0.05) is 45.3 Å². The second-order valence-electron chi connectivity index (χ2n) is 5.89. The number of amides is 2. The molecule has 1 aliphatic rings. The lowest BCUT2D eigenvalue weighted by Gasteiger charge is -2.35. The molecule has 0 saturated carbocycles. The third-order valence-corrected chi connectivity index (χ3v) is 5.07. The number of carbonyl (C=O) groups excluding carboxylic acids is 2. The molecule has 2 amide bonds. The summed E-state index contributed by atoms with van der Waals surface area (Å²) in [4.78, 5) is 33.3. The number of hydrogen-bond donors (Lipinski definition) is 1. The van der Waals surface area contributed by atoms with Crippen molar-refractivity contribution < 1.29 is 9.59 Å². The average Bonchev–Trinajstić information content (AvgIpc) is 3.21. The van der Waals surface area contributed by atoms with Crippen LogP contribution >= 0.6 is 11.3 Å². The van der Waals surface area contributed by atoms with Gasteiger partial charge in [-0.1, -0.05) is 12.1 Å². The van der Waals surface area contributed by atoms with Crippen molar-refractivity contribution in [2.24, 2.45) is 0 Å². The zero-order valence-electron chi connectivity index (χ0n) is 14.1. The van der Waals surface area contributed by atoms with Gasteiger partial charge in [-0.25, -0.2) is 4.98 Å². The lowest BCUT2D eigenvalue weighted by Crippen LogP contribution is -2.49. The Morgan fingerprint density at radius 2 is 1.96 bits per heavy atom. The lowest BCUT2D eigenvalue weighted by molar-refractivity contribution is -0.131. The summed E-state index contributed by atoms with van der Waals surface area (Å²) < 4.78 is 0. The lowest BCUT2D eigenvalue weighted by atomic mass is 10.2. The van der Waals surface area contributed by atoms with E-state index in [9.17, 15) is 9.59 Å². The van der Waals surface area contributed by atoms with Crippen molar-refractivity contribution >= 4 is 29.0 Å². The van der Waals surface area contributed by atoms with Crippen molar-refractivity contribution in [1.29, 1.82) is 0 Å². The summed E-state index contributed by atoms with van der Waals surface area (Å²) in [6.07, 6.45) is 2.92. The minimum atomic E-state index is -0.0635. The zero-order chi connectivity index (χ0) is 17.5. The number of carbonyl (C=O) groups is 2. The van der Waals surface area contributed by atoms with Crippen molar-refractivity contribution in [2.75, 3.05) is 37.6 Å². The van der Waals surface area contributed by atoms with Gasteiger partial charge in [-0.05, 0) is 30.0 Å². The van der Waals surface area contributed by atoms with E-state index in [0.29, 0.717) is 24.3 Å². The van der Waals surface area contributed by atoms with E-state index in [1.165, 1.54) is 11.3 Å². The molecule has 132 valence electrons. The topological polar surface area (TPSA) is 65.5 Å². The van der Waals surface area contributed by atoms with Gasteiger partial charge in [0.1, 0.15) is 5.82 Å². The van der Waals surface area contributed by atoms with Crippen LogP contribution in [-0.4, -0.2) is 54.4 Å². The predicted octanol–water partition coefficient (Wildman–Crippen LogP) is 2.00. The normalized spacial score (nSPS) is 14.4. The molecule has 1 saturated heterocycles. The molecule has 0 unspecified atom stereocenters. The molecular weight excluding hydrogens is 336 g/mol. The number of hydrogen-bond acceptors (Lipinski definition) is 5. The number of pyridine rings is 1. The van der Waals surface area contributed by atoms with Crippen LogP contribution in [0.2, 0.25) is 0 Å². The van der Waals surface area contributed by atoms with Crippen LogP contribution in [0.5, 0.6) is 0 Å². The first-order chi connectivity index (χ1) is 12.2. The van der Waals surface area contributed by atoms with E-state index in [0.717, 1.165) is 32.0 Å². The number of rotatable bonds is 6. The summed E-state index contributed by atoms with van der Waals surface area (Å²) in [7, 11) is 0. The molecule has 0 aromatic carbocycles. The van der Waals surface area contributed by atoms with Crippen molar-refractivity contribution in [3.8, 4) is 0 Å². The van der Waals surface area contributed by atoms with Gasteiger partial charge in [0.15, 0.2) is 0 Å². The minimum Gasteiger partial charge on any atom is -0.353 e. The summed E-state index contributed by atoms with van der Waals surface area (Å²) in [6, 6.07) is 9.53. The third-order valence-electron chi connectivity index (χ3n) is 4.20. The van der Waals surface area contributed by atoms with E-state index in [-0.39, 0.29) is 11.8 Å². The van der Waals surface area contributed by atoms with Crippen molar-refractivity contribution in [2.45, 2.75) is 12.8 Å². The zero-order valence-corrected chi connectivity index (χ0v) is 14.9. The van der Waals surface area contributed by atoms with E-state index >= 15 is 0 Å². The summed E-state index contributed by atoms with van der Waals surface area (Å²) in [5.74, 6) is 1.06. The molecule has 3 heterocycles. The highest BCUT2D eigenvalue weighted by Gasteiger charge is 2.21. The van der Waals surface area contributed by atoms with Crippen LogP contribution in [0.1, 0.15) is 22.5 Å². The predicted molar refractivity (Wildman–Crippen MR) is 98.9 cm³/mol. The standard InChI is InChI=1S/C18H22N4O2S/c23-17(7-3-9-20-18(24)15-5-4-14-25-15)22-12-10-21(11-13-22)16-6-1-2-8-19-16/h1-2,4-6,8,14H,3,7,9-13H2,(H,20,24). The first-order valence-corrected chi connectivity index (χ1v) is 9.37. The number of piperazine rings is 1. The summed E-state index contributed by atoms with van der Waals surface area (Å²) in [6.45, 7) is 3.57. The van der Waals surface area contributed by atoms with Crippen LogP contribution in [-0.2, 0) is 4.79 Å². The average molecular weight is 358 g/mol. The Morgan fingerprint density at radius 1 is 1.12 bits per heavy atom. The molecule has 2 aromatic rings. The largest absolute Gasteiger partial charge is 0.353 e. The van der Waals surface area contributed by atoms with Crippen molar-refractivity contribution in [1.82, 2.24) is 15.2 Å². The molecule has 6 nitrogen and oxygen atoms in total. The monoisotopic (exact) mass is 358 g/mol. The molecule has 7 heteroatoms. The highest BCUT2D eigenvalue weighted by molar-refractivity contribution is 7.12. The van der Waals surface area contributed by atoms with Gasteiger partial charge < -0.3 is 15.1 Å². The molecule has 0 spiro atoms. The van der Waals surface area contributed by atoms with Crippen molar-refractivity contribution in [3.05, 3.63) is 46.8 Å². The van der Waals surface area contributed by atoms with E-state index in [2.05, 4.69) is 15.2 Å². The number of nitrogens with zero attached hydrogens (tertiary/aromatic N) is 3. The van der Waals surface area contributed by atoms with Gasteiger partial charge in [0.05, 0.1) is 4.88 Å². The molecule has 25 heavy (non-hydrogen) atoms. The first-order valence-electron chi connectivity index (χ1n) is 8.49. The van der Waals surface area contributed by atoms with Crippen LogP contribution in [0.25, 0.3) is 0 Å². The van der Waals surface area contributed by atoms with Crippen molar-refractivity contribution in [3.63, 3.8) is 0 Å². The Morgan fingerprint density at radius 3 is 2.64 bits per heavy atom. The van der Waals surface area contributed by atoms with E-state index in [1.807, 2.05) is 34.5 Å². The molecule has 1 fully saturated rings. The Kier molecular flexibility index (Phi) is 6.00. The van der Waals surface area contributed by atoms with E-state index in [4.69, 9.17) is 0 Å². The summed E-state index contributed by atoms with van der Waals surface area (Å²) >= 11 is 1.42. The Balaban J connectivity index is 1.35. The fraction of sp³-hybridized carbons (Fsp3) is 0.389. The van der Waals surface area contributed by atoms with Gasteiger partial charge in [0.2, 0.25) is 5.91 Å². The smallest absolute Gasteiger partial charge is 0.261 e. The van der Waals surface area contributed by atoms with Crippen LogP contribution < -0.4 is 10.2 Å². The first kappa shape index (κ1) is 17.4. The highest BCUT2D eigenvalue weighted by Crippen LogP contribution is 2.13. The van der Waals surface area contributed by atoms with Crippen LogP contribution in [0.4, 0.5) is 5.82 Å². The van der Waals surface area contributed by atoms with Gasteiger partial charge in [0.25, 0.3) is 5.91 Å². The molecule has 0 bridgehead atoms. The molecule has 1 aliphatic heterocycles. The van der Waals surface area contributed by atoms with Gasteiger partial charge in [-0.15, -0.1) is 11.3 Å². The second-order valence-corrected chi connectivity index (χ2v) is 6.84. The maximum atomic E-state index is 12.3. The van der Waals surface area contributed by atoms with E-state index in [1.54, 1.807) is 12.3 Å². The van der Waals surface area contributed by atoms with Crippen LogP contribution in [0.3, 0.4) is 0 Å². The fourth-order valence-corrected chi connectivity index (χ4v) is 3.46. The minimum absolute atomic E-state index is 0.0635. The number of aromatic nitrogens is 1. The number of thiophene rings is 1. The Hall–Kier alpha value is -2.41. The molecule has 2 aromatic heterocycles. The molecular formula is C18H22N4O2S. The van der Waals surface area contributed by atoms with Gasteiger partial charge >= 0.3 is 0 Å². The fourth-order valence-electron chi connectivity index (χ4n) is 2.82. The number of anilines is 1. The molecule has 0 atom stereocenters. The van der Waals surface area contributed by atoms with Crippen LogP contribution in [0, 0.1) is 0 Å². The second kappa shape index (κ2) is 8.62. The highest BCUT2D eigenvalue weighted by atomic mass is 32.1. The molecule has 1 N–H and O–H groups in total. The SMILES string of the molecule is O=C(NCCCC(=O)N1CCN(c2ccccn2)CC1)c1cccs1. The van der Waals surface area contributed by atoms with Crippen LogP contribution in [0.15, 0.2) is 41.9 Å². The molecule has 3 rings (SSSR count). The maximum absolute atomic E-state index is 12.3. The quantitative estimate of drug-likeness (QED) is 0.802.